The molecule has 5 rings (SSSR count). The molecule has 1 saturated heterocycles. The first-order chi connectivity index (χ1) is 20.5. The number of aromatic nitrogens is 2. The molecule has 1 fully saturated rings. The number of carbonyl (C=O) groups excluding carboxylic acids is 2. The van der Waals surface area contributed by atoms with Gasteiger partial charge < -0.3 is 19.4 Å². The maximum Gasteiger partial charge on any atom is 0.408 e. The predicted octanol–water partition coefficient (Wildman–Crippen LogP) is 4.66. The summed E-state index contributed by atoms with van der Waals surface area (Å²) in [5, 5.41) is 10.9. The zero-order valence-electron chi connectivity index (χ0n) is 24.5. The lowest BCUT2D eigenvalue weighted by Crippen LogP contribution is -2.51. The number of anilines is 1. The summed E-state index contributed by atoms with van der Waals surface area (Å²) >= 11 is 6.04. The van der Waals surface area contributed by atoms with Gasteiger partial charge >= 0.3 is 6.09 Å². The second kappa shape index (κ2) is 11.7. The quantitative estimate of drug-likeness (QED) is 0.418. The van der Waals surface area contributed by atoms with Crippen LogP contribution in [0.2, 0.25) is 5.02 Å². The van der Waals surface area contributed by atoms with Crippen LogP contribution < -0.4 is 10.2 Å². The number of ether oxygens (including phenoxy) is 1. The molecule has 0 bridgehead atoms. The van der Waals surface area contributed by atoms with Gasteiger partial charge in [-0.3, -0.25) is 9.69 Å². The van der Waals surface area contributed by atoms with E-state index in [0.717, 1.165) is 0 Å². The summed E-state index contributed by atoms with van der Waals surface area (Å²) in [6.07, 6.45) is -1.39. The molecule has 0 saturated carbocycles. The molecule has 1 N–H and O–H groups in total. The number of hydrogen-bond acceptors (Lipinski definition) is 9. The second-order valence-corrected chi connectivity index (χ2v) is 14.6. The van der Waals surface area contributed by atoms with Crippen LogP contribution >= 0.6 is 11.6 Å². The fourth-order valence-corrected chi connectivity index (χ4v) is 7.04. The van der Waals surface area contributed by atoms with E-state index < -0.39 is 57.5 Å². The molecule has 0 aliphatic carbocycles. The van der Waals surface area contributed by atoms with Crippen LogP contribution in [0.25, 0.3) is 11.5 Å². The summed E-state index contributed by atoms with van der Waals surface area (Å²) < 4.78 is 66.7. The summed E-state index contributed by atoms with van der Waals surface area (Å²) in [5.41, 5.74) is 0.0567. The molecule has 1 unspecified atom stereocenters. The van der Waals surface area contributed by atoms with Gasteiger partial charge in [-0.2, -0.15) is 0 Å². The van der Waals surface area contributed by atoms with Crippen molar-refractivity contribution in [1.82, 2.24) is 20.4 Å². The van der Waals surface area contributed by atoms with Gasteiger partial charge in [-0.15, -0.1) is 10.2 Å². The van der Waals surface area contributed by atoms with Crippen molar-refractivity contribution >= 4 is 39.1 Å². The Morgan fingerprint density at radius 1 is 1.18 bits per heavy atom. The number of alkyl halides is 2. The first-order valence-electron chi connectivity index (χ1n) is 13.8. The molecule has 2 aromatic carbocycles. The molecule has 2 atom stereocenters. The minimum Gasteiger partial charge on any atom is -0.444 e. The Morgan fingerprint density at radius 3 is 2.55 bits per heavy atom. The van der Waals surface area contributed by atoms with Crippen molar-refractivity contribution in [1.29, 1.82) is 0 Å². The molecule has 15 heteroatoms. The Bertz CT molecular complexity index is 1680. The summed E-state index contributed by atoms with van der Waals surface area (Å²) in [4.78, 5) is 29.2. The third kappa shape index (κ3) is 7.19. The van der Waals surface area contributed by atoms with Crippen molar-refractivity contribution in [3.05, 3.63) is 58.9 Å². The SMILES string of the molecule is CN1CC(c2nnc(-c3ccc4c(c3)N(Cc3ccc(Cl)cc3)C(=O)[C@@H](NC(=O)OC(C)(C)C)CS4(=O)=O)o2)CC(F)(F)C1. The number of amides is 2. The Hall–Kier alpha value is -3.62. The van der Waals surface area contributed by atoms with E-state index in [1.165, 1.54) is 28.0 Å². The molecule has 0 radical (unpaired) electrons. The molecule has 3 aromatic rings. The number of benzene rings is 2. The minimum atomic E-state index is -4.12. The highest BCUT2D eigenvalue weighted by atomic mass is 35.5. The molecular weight excluding hydrogens is 620 g/mol. The standard InChI is InChI=1S/C29H32ClF2N5O6S/c1-28(2,3)43-27(39)33-21-15-44(40,41)23-10-7-18(11-22(23)37(26(21)38)13-17-5-8-20(30)9-6-17)24-34-35-25(42-24)19-12-29(31,32)16-36(4)14-19/h5-11,19,21H,12-16H2,1-4H3,(H,33,39)/t19?,21-/m0/s1. The highest BCUT2D eigenvalue weighted by Gasteiger charge is 2.42. The third-order valence-corrected chi connectivity index (χ3v) is 9.13. The Labute approximate surface area is 258 Å². The third-order valence-electron chi connectivity index (χ3n) is 7.10. The van der Waals surface area contributed by atoms with Crippen LogP contribution in [-0.4, -0.2) is 79.0 Å². The molecule has 236 valence electrons. The van der Waals surface area contributed by atoms with Crippen LogP contribution in [-0.2, 0) is 25.9 Å². The van der Waals surface area contributed by atoms with Crippen LogP contribution in [0.5, 0.6) is 0 Å². The van der Waals surface area contributed by atoms with Gasteiger partial charge in [0.2, 0.25) is 11.8 Å². The van der Waals surface area contributed by atoms with Gasteiger partial charge in [0, 0.05) is 23.6 Å². The molecule has 1 aromatic heterocycles. The van der Waals surface area contributed by atoms with E-state index in [2.05, 4.69) is 15.5 Å². The van der Waals surface area contributed by atoms with Gasteiger partial charge in [0.05, 0.1) is 35.3 Å². The topological polar surface area (TPSA) is 135 Å². The van der Waals surface area contributed by atoms with Crippen LogP contribution in [0.4, 0.5) is 19.3 Å². The van der Waals surface area contributed by atoms with Crippen LogP contribution in [0.3, 0.4) is 0 Å². The lowest BCUT2D eigenvalue weighted by Gasteiger charge is -2.33. The highest BCUT2D eigenvalue weighted by molar-refractivity contribution is 7.91. The van der Waals surface area contributed by atoms with Crippen LogP contribution in [0.15, 0.2) is 51.8 Å². The van der Waals surface area contributed by atoms with E-state index in [0.29, 0.717) is 17.1 Å². The van der Waals surface area contributed by atoms with Gasteiger partial charge in [0.15, 0.2) is 9.84 Å². The first-order valence-corrected chi connectivity index (χ1v) is 15.8. The second-order valence-electron chi connectivity index (χ2n) is 12.1. The highest BCUT2D eigenvalue weighted by Crippen LogP contribution is 2.38. The Kier molecular flexibility index (Phi) is 8.46. The summed E-state index contributed by atoms with van der Waals surface area (Å²) in [5.74, 6) is -5.01. The van der Waals surface area contributed by atoms with E-state index in [9.17, 15) is 26.8 Å². The smallest absolute Gasteiger partial charge is 0.408 e. The van der Waals surface area contributed by atoms with Crippen molar-refractivity contribution in [2.75, 3.05) is 30.8 Å². The normalized spacial score (nSPS) is 21.8. The number of sulfone groups is 1. The van der Waals surface area contributed by atoms with E-state index in [4.69, 9.17) is 20.8 Å². The zero-order chi connectivity index (χ0) is 32.0. The van der Waals surface area contributed by atoms with Crippen molar-refractivity contribution in [3.8, 4) is 11.5 Å². The zero-order valence-corrected chi connectivity index (χ0v) is 26.1. The molecule has 0 spiro atoms. The molecule has 2 aliphatic rings. The number of rotatable bonds is 5. The molecule has 2 aliphatic heterocycles. The Morgan fingerprint density at radius 2 is 1.89 bits per heavy atom. The Balaban J connectivity index is 1.53. The summed E-state index contributed by atoms with van der Waals surface area (Å²) in [6.45, 7) is 4.80. The number of likely N-dealkylation sites (N-methyl/N-ethyl adjacent to an activating group) is 1. The fraction of sp³-hybridized carbons (Fsp3) is 0.448. The number of piperidine rings is 1. The van der Waals surface area contributed by atoms with Crippen LogP contribution in [0, 0.1) is 0 Å². The van der Waals surface area contributed by atoms with Crippen molar-refractivity contribution in [2.24, 2.45) is 0 Å². The molecule has 2 amide bonds. The van der Waals surface area contributed by atoms with Crippen molar-refractivity contribution in [2.45, 2.75) is 62.1 Å². The van der Waals surface area contributed by atoms with Crippen molar-refractivity contribution < 1.29 is 35.9 Å². The number of nitrogens with one attached hydrogen (secondary N) is 1. The lowest BCUT2D eigenvalue weighted by molar-refractivity contribution is -0.120. The van der Waals surface area contributed by atoms with Gasteiger partial charge in [0.1, 0.15) is 11.6 Å². The minimum absolute atomic E-state index is 0.0247. The van der Waals surface area contributed by atoms with Gasteiger partial charge in [-0.05, 0) is 63.7 Å². The maximum atomic E-state index is 14.2. The first kappa shape index (κ1) is 31.8. The fourth-order valence-electron chi connectivity index (χ4n) is 5.31. The number of alkyl carbamates (subject to hydrolysis) is 1. The maximum absolute atomic E-state index is 14.2. The number of carbonyl (C=O) groups is 2. The largest absolute Gasteiger partial charge is 0.444 e. The number of halogens is 3. The summed E-state index contributed by atoms with van der Waals surface area (Å²) in [6, 6.07) is 9.39. The van der Waals surface area contributed by atoms with Gasteiger partial charge in [-0.25, -0.2) is 22.0 Å². The monoisotopic (exact) mass is 651 g/mol. The number of likely N-dealkylation sites (tertiary alicyclic amines) is 1. The van der Waals surface area contributed by atoms with E-state index in [-0.39, 0.29) is 41.0 Å². The lowest BCUT2D eigenvalue weighted by atomic mass is 9.95. The van der Waals surface area contributed by atoms with Crippen LogP contribution in [0.1, 0.15) is 44.6 Å². The summed E-state index contributed by atoms with van der Waals surface area (Å²) in [7, 11) is -2.54. The van der Waals surface area contributed by atoms with Gasteiger partial charge in [0.25, 0.3) is 11.8 Å². The number of hydrogen-bond donors (Lipinski definition) is 1. The molecule has 11 nitrogen and oxygen atoms in total. The predicted molar refractivity (Wildman–Crippen MR) is 157 cm³/mol. The van der Waals surface area contributed by atoms with E-state index in [1.807, 2.05) is 0 Å². The average Bonchev–Trinajstić information content (AvgIpc) is 3.38. The number of fused-ring (bicyclic) bond motifs is 1. The van der Waals surface area contributed by atoms with Gasteiger partial charge in [-0.1, -0.05) is 23.7 Å². The molecule has 3 heterocycles. The number of nitrogens with zero attached hydrogens (tertiary/aromatic N) is 4. The van der Waals surface area contributed by atoms with E-state index in [1.54, 1.807) is 52.1 Å². The molecule has 44 heavy (non-hydrogen) atoms. The van der Waals surface area contributed by atoms with Crippen molar-refractivity contribution in [3.63, 3.8) is 0 Å². The molecular formula is C29H32ClF2N5O6S. The average molecular weight is 652 g/mol. The van der Waals surface area contributed by atoms with E-state index >= 15 is 0 Å².